The molecule has 22 heavy (non-hydrogen) atoms. The molecule has 3 heterocycles. The van der Waals surface area contributed by atoms with Gasteiger partial charge in [0.2, 0.25) is 0 Å². The molecule has 118 valence electrons. The normalized spacial score (nSPS) is 26.7. The van der Waals surface area contributed by atoms with E-state index >= 15 is 0 Å². The molecule has 0 aliphatic carbocycles. The number of para-hydroxylation sites is 1. The van der Waals surface area contributed by atoms with Crippen molar-refractivity contribution < 1.29 is 9.21 Å². The number of nitrogens with zero attached hydrogens (tertiary/aromatic N) is 1. The van der Waals surface area contributed by atoms with Gasteiger partial charge >= 0.3 is 0 Å². The first-order chi connectivity index (χ1) is 10.2. The molecule has 0 radical (unpaired) electrons. The van der Waals surface area contributed by atoms with E-state index in [1.807, 2.05) is 36.2 Å². The van der Waals surface area contributed by atoms with Crippen LogP contribution in [0.5, 0.6) is 0 Å². The monoisotopic (exact) mass is 320 g/mol. The van der Waals surface area contributed by atoms with Crippen molar-refractivity contribution in [3.63, 3.8) is 0 Å². The maximum Gasteiger partial charge on any atom is 0.257 e. The Hall–Kier alpha value is -1.52. The van der Waals surface area contributed by atoms with E-state index in [1.54, 1.807) is 6.26 Å². The second-order valence-electron chi connectivity index (χ2n) is 6.32. The molecule has 4 rings (SSSR count). The van der Waals surface area contributed by atoms with Gasteiger partial charge < -0.3 is 14.6 Å². The summed E-state index contributed by atoms with van der Waals surface area (Å²) in [5.41, 5.74) is 1.46. The molecule has 5 heteroatoms. The summed E-state index contributed by atoms with van der Waals surface area (Å²) in [4.78, 5) is 14.7. The van der Waals surface area contributed by atoms with Crippen LogP contribution >= 0.6 is 12.4 Å². The minimum atomic E-state index is 0. The molecular formula is C17H21ClN2O2. The summed E-state index contributed by atoms with van der Waals surface area (Å²) in [5, 5.41) is 4.53. The summed E-state index contributed by atoms with van der Waals surface area (Å²) in [6.45, 7) is 0. The fourth-order valence-electron chi connectivity index (χ4n) is 3.84. The highest BCUT2D eigenvalue weighted by molar-refractivity contribution is 6.05. The molecule has 0 spiro atoms. The van der Waals surface area contributed by atoms with Crippen LogP contribution in [-0.2, 0) is 0 Å². The van der Waals surface area contributed by atoms with Crippen molar-refractivity contribution in [3.8, 4) is 0 Å². The summed E-state index contributed by atoms with van der Waals surface area (Å²) in [6.07, 6.45) is 6.22. The standard InChI is InChI=1S/C17H20N2O2.ClH/c1-19(13-8-11-6-7-12(9-13)18-11)17(20)15-10-21-16-5-3-2-4-14(15)16;/h2-5,10-13,18H,6-9H2,1H3;1H. The summed E-state index contributed by atoms with van der Waals surface area (Å²) < 4.78 is 5.50. The van der Waals surface area contributed by atoms with Gasteiger partial charge in [-0.05, 0) is 31.7 Å². The predicted molar refractivity (Wildman–Crippen MR) is 88.5 cm³/mol. The topological polar surface area (TPSA) is 45.5 Å². The molecule has 2 aromatic rings. The van der Waals surface area contributed by atoms with Crippen LogP contribution in [0.4, 0.5) is 0 Å². The number of furan rings is 1. The molecular weight excluding hydrogens is 300 g/mol. The number of rotatable bonds is 2. The first-order valence-electron chi connectivity index (χ1n) is 7.72. The first kappa shape index (κ1) is 15.4. The van der Waals surface area contributed by atoms with E-state index in [9.17, 15) is 4.79 Å². The molecule has 2 bridgehead atoms. The highest BCUT2D eigenvalue weighted by Gasteiger charge is 2.36. The van der Waals surface area contributed by atoms with E-state index in [1.165, 1.54) is 12.8 Å². The van der Waals surface area contributed by atoms with Crippen molar-refractivity contribution in [2.45, 2.75) is 43.8 Å². The molecule has 1 aromatic heterocycles. The minimum Gasteiger partial charge on any atom is -0.463 e. The van der Waals surface area contributed by atoms with Crippen molar-refractivity contribution in [3.05, 3.63) is 36.1 Å². The van der Waals surface area contributed by atoms with E-state index in [4.69, 9.17) is 4.42 Å². The Kier molecular flexibility index (Phi) is 4.15. The highest BCUT2D eigenvalue weighted by atomic mass is 35.5. The molecule has 2 unspecified atom stereocenters. The van der Waals surface area contributed by atoms with E-state index in [2.05, 4.69) is 5.32 Å². The van der Waals surface area contributed by atoms with E-state index in [-0.39, 0.29) is 18.3 Å². The molecule has 2 aliphatic heterocycles. The quantitative estimate of drug-likeness (QED) is 0.924. The Labute approximate surface area is 136 Å². The maximum absolute atomic E-state index is 12.8. The van der Waals surface area contributed by atoms with Gasteiger partial charge in [0.15, 0.2) is 0 Å². The van der Waals surface area contributed by atoms with Crippen LogP contribution in [0.1, 0.15) is 36.0 Å². The van der Waals surface area contributed by atoms with Crippen LogP contribution in [0.3, 0.4) is 0 Å². The highest BCUT2D eigenvalue weighted by Crippen LogP contribution is 2.30. The third-order valence-electron chi connectivity index (χ3n) is 5.03. The lowest BCUT2D eigenvalue weighted by molar-refractivity contribution is 0.0682. The number of hydrogen-bond acceptors (Lipinski definition) is 3. The number of fused-ring (bicyclic) bond motifs is 3. The number of nitrogens with one attached hydrogen (secondary N) is 1. The number of carbonyl (C=O) groups is 1. The van der Waals surface area contributed by atoms with Crippen molar-refractivity contribution in [1.82, 2.24) is 10.2 Å². The van der Waals surface area contributed by atoms with Crippen molar-refractivity contribution in [2.24, 2.45) is 0 Å². The van der Waals surface area contributed by atoms with Gasteiger partial charge in [0, 0.05) is 30.6 Å². The maximum atomic E-state index is 12.8. The lowest BCUT2D eigenvalue weighted by Gasteiger charge is -2.35. The zero-order chi connectivity index (χ0) is 14.4. The molecule has 4 nitrogen and oxygen atoms in total. The van der Waals surface area contributed by atoms with Crippen LogP contribution in [0, 0.1) is 0 Å². The van der Waals surface area contributed by atoms with Gasteiger partial charge in [0.1, 0.15) is 11.8 Å². The molecule has 2 atom stereocenters. The average molecular weight is 321 g/mol. The number of carbonyl (C=O) groups excluding carboxylic acids is 1. The van der Waals surface area contributed by atoms with Crippen molar-refractivity contribution in [1.29, 1.82) is 0 Å². The molecule has 1 aromatic carbocycles. The molecule has 2 fully saturated rings. The molecule has 0 saturated carbocycles. The fourth-order valence-corrected chi connectivity index (χ4v) is 3.84. The smallest absolute Gasteiger partial charge is 0.257 e. The SMILES string of the molecule is CN(C(=O)c1coc2ccccc12)C1CC2CCC(C1)N2.Cl. The lowest BCUT2D eigenvalue weighted by Crippen LogP contribution is -2.48. The van der Waals surface area contributed by atoms with Gasteiger partial charge in [-0.25, -0.2) is 0 Å². The Morgan fingerprint density at radius 3 is 2.64 bits per heavy atom. The number of hydrogen-bond donors (Lipinski definition) is 1. The molecule has 2 saturated heterocycles. The Morgan fingerprint density at radius 2 is 1.91 bits per heavy atom. The number of amides is 1. The van der Waals surface area contributed by atoms with E-state index in [0.717, 1.165) is 23.8 Å². The number of halogens is 1. The second-order valence-corrected chi connectivity index (χ2v) is 6.32. The number of piperidine rings is 1. The first-order valence-corrected chi connectivity index (χ1v) is 7.72. The van der Waals surface area contributed by atoms with E-state index < -0.39 is 0 Å². The number of benzene rings is 1. The fraction of sp³-hybridized carbons (Fsp3) is 0.471. The van der Waals surface area contributed by atoms with Crippen LogP contribution in [0.2, 0.25) is 0 Å². The zero-order valence-corrected chi connectivity index (χ0v) is 13.4. The van der Waals surface area contributed by atoms with Gasteiger partial charge in [0.05, 0.1) is 5.56 Å². The summed E-state index contributed by atoms with van der Waals surface area (Å²) in [5.74, 6) is 0.0752. The van der Waals surface area contributed by atoms with Crippen molar-refractivity contribution in [2.75, 3.05) is 7.05 Å². The third kappa shape index (κ3) is 2.50. The Morgan fingerprint density at radius 1 is 1.23 bits per heavy atom. The zero-order valence-electron chi connectivity index (χ0n) is 12.6. The van der Waals surface area contributed by atoms with Gasteiger partial charge in [-0.1, -0.05) is 18.2 Å². The Bertz CT molecular complexity index is 672. The largest absolute Gasteiger partial charge is 0.463 e. The van der Waals surface area contributed by atoms with Crippen LogP contribution in [-0.4, -0.2) is 36.0 Å². The van der Waals surface area contributed by atoms with Gasteiger partial charge in [-0.2, -0.15) is 0 Å². The van der Waals surface area contributed by atoms with Gasteiger partial charge in [-0.15, -0.1) is 12.4 Å². The Balaban J connectivity index is 0.00000144. The lowest BCUT2D eigenvalue weighted by atomic mass is 9.98. The van der Waals surface area contributed by atoms with Crippen molar-refractivity contribution >= 4 is 29.3 Å². The third-order valence-corrected chi connectivity index (χ3v) is 5.03. The van der Waals surface area contributed by atoms with Crippen LogP contribution in [0.25, 0.3) is 11.0 Å². The second kappa shape index (κ2) is 5.94. The van der Waals surface area contributed by atoms with Crippen LogP contribution < -0.4 is 5.32 Å². The predicted octanol–water partition coefficient (Wildman–Crippen LogP) is 3.21. The van der Waals surface area contributed by atoms with E-state index in [0.29, 0.717) is 23.7 Å². The summed E-state index contributed by atoms with van der Waals surface area (Å²) >= 11 is 0. The average Bonchev–Trinajstić information content (AvgIpc) is 3.09. The van der Waals surface area contributed by atoms with Gasteiger partial charge in [0.25, 0.3) is 5.91 Å². The summed E-state index contributed by atoms with van der Waals surface area (Å²) in [7, 11) is 1.93. The summed E-state index contributed by atoms with van der Waals surface area (Å²) in [6, 6.07) is 9.23. The molecule has 1 N–H and O–H groups in total. The molecule has 2 aliphatic rings. The van der Waals surface area contributed by atoms with Crippen LogP contribution in [0.15, 0.2) is 34.9 Å². The minimum absolute atomic E-state index is 0. The molecule has 1 amide bonds. The van der Waals surface area contributed by atoms with Gasteiger partial charge in [-0.3, -0.25) is 4.79 Å².